The van der Waals surface area contributed by atoms with E-state index >= 15 is 0 Å². The van der Waals surface area contributed by atoms with E-state index < -0.39 is 11.7 Å². The molecule has 2 rings (SSSR count). The SMILES string of the molecule is C[C@H]1CCCC(n2cccc(NC(=O)OC(C)(C)C)c2=O)C1. The molecule has 1 aromatic rings. The zero-order valence-corrected chi connectivity index (χ0v) is 13.9. The van der Waals surface area contributed by atoms with Crippen molar-refractivity contribution in [3.05, 3.63) is 28.7 Å². The summed E-state index contributed by atoms with van der Waals surface area (Å²) in [5.41, 5.74) is -0.473. The Morgan fingerprint density at radius 3 is 2.73 bits per heavy atom. The molecule has 0 aromatic carbocycles. The van der Waals surface area contributed by atoms with Crippen LogP contribution in [0.3, 0.4) is 0 Å². The fourth-order valence-corrected chi connectivity index (χ4v) is 2.96. The molecule has 1 heterocycles. The average molecular weight is 306 g/mol. The molecule has 22 heavy (non-hydrogen) atoms. The first-order valence-corrected chi connectivity index (χ1v) is 7.97. The number of hydrogen-bond acceptors (Lipinski definition) is 3. The van der Waals surface area contributed by atoms with Gasteiger partial charge in [0.2, 0.25) is 0 Å². The van der Waals surface area contributed by atoms with Crippen molar-refractivity contribution >= 4 is 11.8 Å². The van der Waals surface area contributed by atoms with Crippen molar-refractivity contribution in [3.8, 4) is 0 Å². The highest BCUT2D eigenvalue weighted by Gasteiger charge is 2.22. The molecule has 1 unspecified atom stereocenters. The van der Waals surface area contributed by atoms with Gasteiger partial charge in [0.1, 0.15) is 11.3 Å². The van der Waals surface area contributed by atoms with Gasteiger partial charge < -0.3 is 9.30 Å². The number of amides is 1. The van der Waals surface area contributed by atoms with Crippen molar-refractivity contribution in [3.63, 3.8) is 0 Å². The van der Waals surface area contributed by atoms with Gasteiger partial charge in [0.15, 0.2) is 0 Å². The highest BCUT2D eigenvalue weighted by Crippen LogP contribution is 2.31. The minimum absolute atomic E-state index is 0.160. The maximum absolute atomic E-state index is 12.6. The summed E-state index contributed by atoms with van der Waals surface area (Å²) in [6.45, 7) is 7.60. The van der Waals surface area contributed by atoms with Gasteiger partial charge in [-0.1, -0.05) is 19.8 Å². The Morgan fingerprint density at radius 2 is 2.09 bits per heavy atom. The lowest BCUT2D eigenvalue weighted by Gasteiger charge is -2.28. The highest BCUT2D eigenvalue weighted by molar-refractivity contribution is 5.84. The van der Waals surface area contributed by atoms with Crippen LogP contribution in [0.5, 0.6) is 0 Å². The van der Waals surface area contributed by atoms with E-state index in [0.29, 0.717) is 5.92 Å². The average Bonchev–Trinajstić information content (AvgIpc) is 2.39. The van der Waals surface area contributed by atoms with Gasteiger partial charge in [-0.15, -0.1) is 0 Å². The van der Waals surface area contributed by atoms with E-state index in [1.165, 1.54) is 6.42 Å². The largest absolute Gasteiger partial charge is 0.444 e. The molecule has 1 aliphatic carbocycles. The van der Waals surface area contributed by atoms with Crippen LogP contribution < -0.4 is 10.9 Å². The number of hydrogen-bond donors (Lipinski definition) is 1. The summed E-state index contributed by atoms with van der Waals surface area (Å²) in [5, 5.41) is 2.56. The Kier molecular flexibility index (Phi) is 4.94. The van der Waals surface area contributed by atoms with Gasteiger partial charge in [0.25, 0.3) is 5.56 Å². The van der Waals surface area contributed by atoms with Gasteiger partial charge in [0, 0.05) is 12.2 Å². The Bertz CT molecular complexity index is 586. The van der Waals surface area contributed by atoms with Crippen molar-refractivity contribution in [2.75, 3.05) is 5.32 Å². The molecule has 0 radical (unpaired) electrons. The van der Waals surface area contributed by atoms with Crippen LogP contribution in [0.15, 0.2) is 23.1 Å². The molecule has 0 aliphatic heterocycles. The van der Waals surface area contributed by atoms with Gasteiger partial charge in [-0.2, -0.15) is 0 Å². The lowest BCUT2D eigenvalue weighted by atomic mass is 9.87. The first-order chi connectivity index (χ1) is 10.3. The molecule has 1 aliphatic rings. The van der Waals surface area contributed by atoms with E-state index in [9.17, 15) is 9.59 Å². The van der Waals surface area contributed by atoms with Crippen LogP contribution in [0.2, 0.25) is 0 Å². The second kappa shape index (κ2) is 6.55. The molecule has 5 heteroatoms. The summed E-state index contributed by atoms with van der Waals surface area (Å²) in [6, 6.07) is 3.64. The summed E-state index contributed by atoms with van der Waals surface area (Å²) >= 11 is 0. The number of pyridine rings is 1. The van der Waals surface area contributed by atoms with Gasteiger partial charge in [-0.25, -0.2) is 4.79 Å². The van der Waals surface area contributed by atoms with Crippen molar-refractivity contribution in [1.82, 2.24) is 4.57 Å². The molecule has 1 N–H and O–H groups in total. The minimum Gasteiger partial charge on any atom is -0.444 e. The van der Waals surface area contributed by atoms with Crippen LogP contribution in [-0.4, -0.2) is 16.3 Å². The standard InChI is InChI=1S/C17H26N2O3/c1-12-7-5-8-13(11-12)19-10-6-9-14(15(19)20)18-16(21)22-17(2,3)4/h6,9-10,12-13H,5,7-8,11H2,1-4H3,(H,18,21)/t12-,13?/m0/s1. The van der Waals surface area contributed by atoms with Gasteiger partial charge in [0.05, 0.1) is 0 Å². The molecule has 1 fully saturated rings. The van der Waals surface area contributed by atoms with E-state index in [-0.39, 0.29) is 17.3 Å². The Morgan fingerprint density at radius 1 is 1.36 bits per heavy atom. The smallest absolute Gasteiger partial charge is 0.412 e. The van der Waals surface area contributed by atoms with Gasteiger partial charge >= 0.3 is 6.09 Å². The second-order valence-electron chi connectivity index (χ2n) is 7.19. The first-order valence-electron chi connectivity index (χ1n) is 7.97. The van der Waals surface area contributed by atoms with Crippen molar-refractivity contribution < 1.29 is 9.53 Å². The van der Waals surface area contributed by atoms with Crippen LogP contribution in [0.4, 0.5) is 10.5 Å². The lowest BCUT2D eigenvalue weighted by molar-refractivity contribution is 0.0635. The Balaban J connectivity index is 2.15. The molecule has 1 amide bonds. The molecule has 122 valence electrons. The number of carbonyl (C=O) groups is 1. The molecular formula is C17H26N2O3. The molecule has 5 nitrogen and oxygen atoms in total. The van der Waals surface area contributed by atoms with E-state index in [1.54, 1.807) is 37.5 Å². The topological polar surface area (TPSA) is 60.3 Å². The first kappa shape index (κ1) is 16.6. The number of nitrogens with zero attached hydrogens (tertiary/aromatic N) is 1. The molecular weight excluding hydrogens is 280 g/mol. The summed E-state index contributed by atoms with van der Waals surface area (Å²) in [6.07, 6.45) is 5.60. The van der Waals surface area contributed by atoms with E-state index in [1.807, 2.05) is 6.20 Å². The van der Waals surface area contributed by atoms with E-state index in [0.717, 1.165) is 19.3 Å². The zero-order valence-electron chi connectivity index (χ0n) is 13.9. The maximum atomic E-state index is 12.6. The number of nitrogens with one attached hydrogen (secondary N) is 1. The third kappa shape index (κ3) is 4.36. The zero-order chi connectivity index (χ0) is 16.3. The van der Waals surface area contributed by atoms with Crippen LogP contribution in [0.1, 0.15) is 59.4 Å². The van der Waals surface area contributed by atoms with Crippen LogP contribution in [0, 0.1) is 5.92 Å². The monoisotopic (exact) mass is 306 g/mol. The number of aromatic nitrogens is 1. The minimum atomic E-state index is -0.598. The number of rotatable bonds is 2. The summed E-state index contributed by atoms with van der Waals surface area (Å²) in [7, 11) is 0. The summed E-state index contributed by atoms with van der Waals surface area (Å²) < 4.78 is 6.95. The number of anilines is 1. The predicted molar refractivity (Wildman–Crippen MR) is 87.2 cm³/mol. The summed E-state index contributed by atoms with van der Waals surface area (Å²) in [5.74, 6) is 0.633. The number of ether oxygens (including phenoxy) is 1. The van der Waals surface area contributed by atoms with Crippen molar-refractivity contribution in [2.45, 2.75) is 65.0 Å². The molecule has 0 saturated heterocycles. The molecule has 0 spiro atoms. The lowest BCUT2D eigenvalue weighted by Crippen LogP contribution is -2.32. The quantitative estimate of drug-likeness (QED) is 0.900. The highest BCUT2D eigenvalue weighted by atomic mass is 16.6. The molecule has 1 aromatic heterocycles. The molecule has 0 bridgehead atoms. The van der Waals surface area contributed by atoms with E-state index in [4.69, 9.17) is 4.74 Å². The third-order valence-corrected chi connectivity index (χ3v) is 3.91. The predicted octanol–water partition coefficient (Wildman–Crippen LogP) is 3.95. The second-order valence-corrected chi connectivity index (χ2v) is 7.19. The van der Waals surface area contributed by atoms with Gasteiger partial charge in [-0.05, 0) is 51.7 Å². The third-order valence-electron chi connectivity index (χ3n) is 3.91. The molecule has 2 atom stereocenters. The van der Waals surface area contributed by atoms with Crippen molar-refractivity contribution in [2.24, 2.45) is 5.92 Å². The normalized spacial score (nSPS) is 22.2. The van der Waals surface area contributed by atoms with E-state index in [2.05, 4.69) is 12.2 Å². The van der Waals surface area contributed by atoms with Crippen LogP contribution in [0.25, 0.3) is 0 Å². The fraction of sp³-hybridized carbons (Fsp3) is 0.647. The van der Waals surface area contributed by atoms with Crippen LogP contribution >= 0.6 is 0 Å². The van der Waals surface area contributed by atoms with Crippen LogP contribution in [-0.2, 0) is 4.74 Å². The Labute approximate surface area is 131 Å². The fourth-order valence-electron chi connectivity index (χ4n) is 2.96. The number of carbonyl (C=O) groups excluding carboxylic acids is 1. The van der Waals surface area contributed by atoms with Gasteiger partial charge in [-0.3, -0.25) is 10.1 Å². The van der Waals surface area contributed by atoms with Crippen molar-refractivity contribution in [1.29, 1.82) is 0 Å². The Hall–Kier alpha value is -1.78. The summed E-state index contributed by atoms with van der Waals surface area (Å²) in [4.78, 5) is 24.4. The molecule has 1 saturated carbocycles. The maximum Gasteiger partial charge on any atom is 0.412 e.